The lowest BCUT2D eigenvalue weighted by molar-refractivity contribution is 0.0542. The van der Waals surface area contributed by atoms with Gasteiger partial charge in [-0.15, -0.1) is 0 Å². The highest BCUT2D eigenvalue weighted by Crippen LogP contribution is 2.20. The molecule has 0 aliphatic carbocycles. The van der Waals surface area contributed by atoms with Gasteiger partial charge in [0.2, 0.25) is 0 Å². The number of rotatable bonds is 15. The SMILES string of the molecule is CCCO[Si](CCCOC[C@H]1CO1)(OCCC)OCCC. The molecular formula is C15H32O5Si. The van der Waals surface area contributed by atoms with Crippen LogP contribution in [0.1, 0.15) is 46.5 Å². The molecule has 1 fully saturated rings. The van der Waals surface area contributed by atoms with Crippen LogP contribution in [0.3, 0.4) is 0 Å². The van der Waals surface area contributed by atoms with Crippen LogP contribution in [0.15, 0.2) is 0 Å². The molecule has 126 valence electrons. The minimum absolute atomic E-state index is 0.330. The average Bonchev–Trinajstić information content (AvgIpc) is 3.32. The van der Waals surface area contributed by atoms with Crippen LogP contribution in [0.25, 0.3) is 0 Å². The van der Waals surface area contributed by atoms with Crippen LogP contribution < -0.4 is 0 Å². The highest BCUT2D eigenvalue weighted by Gasteiger charge is 2.40. The fraction of sp³-hybridized carbons (Fsp3) is 1.00. The zero-order valence-electron chi connectivity index (χ0n) is 13.9. The summed E-state index contributed by atoms with van der Waals surface area (Å²) in [7, 11) is -2.53. The Kier molecular flexibility index (Phi) is 10.5. The number of hydrogen-bond acceptors (Lipinski definition) is 5. The molecule has 1 heterocycles. The highest BCUT2D eigenvalue weighted by molar-refractivity contribution is 6.60. The first-order valence-electron chi connectivity index (χ1n) is 8.37. The molecule has 0 aromatic heterocycles. The van der Waals surface area contributed by atoms with Crippen LogP contribution in [0.5, 0.6) is 0 Å². The molecule has 1 saturated heterocycles. The Balaban J connectivity index is 2.35. The third-order valence-corrected chi connectivity index (χ3v) is 5.95. The molecule has 1 rings (SSSR count). The second kappa shape index (κ2) is 11.6. The van der Waals surface area contributed by atoms with E-state index >= 15 is 0 Å². The molecule has 1 aliphatic rings. The van der Waals surface area contributed by atoms with E-state index in [1.165, 1.54) is 0 Å². The molecule has 1 aliphatic heterocycles. The Bertz CT molecular complexity index is 226. The molecule has 0 radical (unpaired) electrons. The molecule has 0 bridgehead atoms. The molecule has 0 spiro atoms. The Morgan fingerprint density at radius 1 is 0.905 bits per heavy atom. The standard InChI is InChI=1S/C15H32O5Si/c1-4-8-18-21(19-9-5-2,20-10-6-3)12-7-11-16-13-15-14-17-15/h15H,4-14H2,1-3H3/t15-/m0/s1. The first-order chi connectivity index (χ1) is 10.3. The van der Waals surface area contributed by atoms with Crippen LogP contribution in [0, 0.1) is 0 Å². The van der Waals surface area contributed by atoms with Gasteiger partial charge in [0.15, 0.2) is 0 Å². The summed E-state index contributed by atoms with van der Waals surface area (Å²) >= 11 is 0. The third kappa shape index (κ3) is 8.90. The van der Waals surface area contributed by atoms with Crippen molar-refractivity contribution in [2.75, 3.05) is 39.6 Å². The van der Waals surface area contributed by atoms with E-state index in [1.807, 2.05) is 0 Å². The lowest BCUT2D eigenvalue weighted by Crippen LogP contribution is -2.46. The summed E-state index contributed by atoms with van der Waals surface area (Å²) in [6.45, 7) is 10.7. The summed E-state index contributed by atoms with van der Waals surface area (Å²) in [6.07, 6.45) is 4.19. The van der Waals surface area contributed by atoms with Crippen LogP contribution in [0.2, 0.25) is 6.04 Å². The maximum absolute atomic E-state index is 6.04. The Hall–Kier alpha value is 0.0169. The second-order valence-electron chi connectivity index (χ2n) is 5.36. The summed E-state index contributed by atoms with van der Waals surface area (Å²) in [5.74, 6) is 0. The smallest absolute Gasteiger partial charge is 0.379 e. The lowest BCUT2D eigenvalue weighted by atomic mass is 10.5. The van der Waals surface area contributed by atoms with Gasteiger partial charge in [-0.25, -0.2) is 0 Å². The Morgan fingerprint density at radius 2 is 1.43 bits per heavy atom. The van der Waals surface area contributed by atoms with Crippen LogP contribution in [0.4, 0.5) is 0 Å². The average molecular weight is 321 g/mol. The van der Waals surface area contributed by atoms with E-state index < -0.39 is 8.80 Å². The van der Waals surface area contributed by atoms with Crippen LogP contribution in [-0.2, 0) is 22.8 Å². The number of hydrogen-bond donors (Lipinski definition) is 0. The molecule has 0 unspecified atom stereocenters. The fourth-order valence-corrected chi connectivity index (χ4v) is 4.69. The van der Waals surface area contributed by atoms with Crippen molar-refractivity contribution in [3.05, 3.63) is 0 Å². The van der Waals surface area contributed by atoms with Gasteiger partial charge in [0.1, 0.15) is 6.10 Å². The van der Waals surface area contributed by atoms with Gasteiger partial charge in [-0.1, -0.05) is 20.8 Å². The highest BCUT2D eigenvalue weighted by atomic mass is 28.4. The van der Waals surface area contributed by atoms with Gasteiger partial charge in [-0.05, 0) is 25.7 Å². The van der Waals surface area contributed by atoms with Crippen molar-refractivity contribution in [3.63, 3.8) is 0 Å². The van der Waals surface area contributed by atoms with Gasteiger partial charge in [0.05, 0.1) is 13.2 Å². The van der Waals surface area contributed by atoms with Crippen LogP contribution >= 0.6 is 0 Å². The summed E-state index contributed by atoms with van der Waals surface area (Å²) in [6, 6.07) is 0.832. The third-order valence-electron chi connectivity index (χ3n) is 3.06. The van der Waals surface area contributed by atoms with E-state index in [0.29, 0.717) is 32.5 Å². The van der Waals surface area contributed by atoms with Crippen molar-refractivity contribution < 1.29 is 22.8 Å². The van der Waals surface area contributed by atoms with Gasteiger partial charge < -0.3 is 22.8 Å². The molecule has 0 saturated carbocycles. The molecular weight excluding hydrogens is 288 g/mol. The maximum atomic E-state index is 6.04. The molecule has 1 atom stereocenters. The molecule has 21 heavy (non-hydrogen) atoms. The molecule has 0 amide bonds. The molecule has 0 aromatic rings. The normalized spacial score (nSPS) is 18.1. The van der Waals surface area contributed by atoms with Crippen molar-refractivity contribution in [2.24, 2.45) is 0 Å². The minimum Gasteiger partial charge on any atom is -0.379 e. The second-order valence-corrected chi connectivity index (χ2v) is 8.09. The molecule has 0 N–H and O–H groups in total. The summed E-state index contributed by atoms with van der Waals surface area (Å²) < 4.78 is 28.8. The minimum atomic E-state index is -2.53. The lowest BCUT2D eigenvalue weighted by Gasteiger charge is -2.29. The largest absolute Gasteiger partial charge is 0.501 e. The van der Waals surface area contributed by atoms with Crippen molar-refractivity contribution in [2.45, 2.75) is 58.6 Å². The first kappa shape index (κ1) is 19.1. The van der Waals surface area contributed by atoms with E-state index in [0.717, 1.165) is 44.9 Å². The maximum Gasteiger partial charge on any atom is 0.501 e. The monoisotopic (exact) mass is 320 g/mol. The molecule has 5 nitrogen and oxygen atoms in total. The predicted octanol–water partition coefficient (Wildman–Crippen LogP) is 3.01. The predicted molar refractivity (Wildman–Crippen MR) is 84.5 cm³/mol. The topological polar surface area (TPSA) is 49.5 Å². The van der Waals surface area contributed by atoms with Crippen LogP contribution in [-0.4, -0.2) is 54.5 Å². The van der Waals surface area contributed by atoms with Crippen molar-refractivity contribution >= 4 is 8.80 Å². The van der Waals surface area contributed by atoms with Gasteiger partial charge in [-0.2, -0.15) is 0 Å². The number of epoxide rings is 1. The van der Waals surface area contributed by atoms with Gasteiger partial charge in [0, 0.05) is 32.5 Å². The van der Waals surface area contributed by atoms with Gasteiger partial charge in [0.25, 0.3) is 0 Å². The van der Waals surface area contributed by atoms with E-state index in [2.05, 4.69) is 20.8 Å². The Labute approximate surface area is 130 Å². The van der Waals surface area contributed by atoms with E-state index in [-0.39, 0.29) is 0 Å². The van der Waals surface area contributed by atoms with Gasteiger partial charge >= 0.3 is 8.80 Å². The van der Waals surface area contributed by atoms with Crippen molar-refractivity contribution in [3.8, 4) is 0 Å². The summed E-state index contributed by atoms with van der Waals surface area (Å²) in [4.78, 5) is 0. The fourth-order valence-electron chi connectivity index (χ4n) is 1.88. The van der Waals surface area contributed by atoms with E-state index in [4.69, 9.17) is 22.8 Å². The Morgan fingerprint density at radius 3 is 1.86 bits per heavy atom. The first-order valence-corrected chi connectivity index (χ1v) is 10.3. The zero-order chi connectivity index (χ0) is 15.4. The van der Waals surface area contributed by atoms with Crippen molar-refractivity contribution in [1.82, 2.24) is 0 Å². The van der Waals surface area contributed by atoms with Crippen molar-refractivity contribution in [1.29, 1.82) is 0 Å². The molecule has 0 aromatic carbocycles. The van der Waals surface area contributed by atoms with E-state index in [9.17, 15) is 0 Å². The molecule has 6 heteroatoms. The summed E-state index contributed by atoms with van der Waals surface area (Å²) in [5.41, 5.74) is 0. The van der Waals surface area contributed by atoms with E-state index in [1.54, 1.807) is 0 Å². The zero-order valence-corrected chi connectivity index (χ0v) is 14.9. The van der Waals surface area contributed by atoms with Gasteiger partial charge in [-0.3, -0.25) is 0 Å². The quantitative estimate of drug-likeness (QED) is 0.264. The number of ether oxygens (including phenoxy) is 2. The summed E-state index contributed by atoms with van der Waals surface area (Å²) in [5, 5.41) is 0.